The van der Waals surface area contributed by atoms with Crippen molar-refractivity contribution in [3.8, 4) is 0 Å². The minimum absolute atomic E-state index is 0.474. The number of nitrogens with zero attached hydrogens (tertiary/aromatic N) is 4. The minimum Gasteiger partial charge on any atom is -0.364 e. The van der Waals surface area contributed by atoms with Crippen LogP contribution in [0.5, 0.6) is 0 Å². The number of fused-ring (bicyclic) bond motifs is 1. The van der Waals surface area contributed by atoms with Crippen molar-refractivity contribution in [2.24, 2.45) is 0 Å². The van der Waals surface area contributed by atoms with Crippen molar-refractivity contribution >= 4 is 22.5 Å². The van der Waals surface area contributed by atoms with E-state index in [0.29, 0.717) is 34.7 Å². The highest BCUT2D eigenvalue weighted by atomic mass is 19.4. The molecule has 144 valence electrons. The van der Waals surface area contributed by atoms with Gasteiger partial charge < -0.3 is 14.4 Å². The van der Waals surface area contributed by atoms with Gasteiger partial charge in [-0.25, -0.2) is 9.97 Å². The number of rotatable bonds is 4. The number of aromatic nitrogens is 4. The second-order valence-electron chi connectivity index (χ2n) is 6.50. The number of anilines is 2. The number of nitrogens with one attached hydrogen (secondary N) is 1. The van der Waals surface area contributed by atoms with Gasteiger partial charge in [-0.15, -0.1) is 0 Å². The quantitative estimate of drug-likeness (QED) is 0.542. The molecule has 0 saturated carbocycles. The molecule has 0 bridgehead atoms. The number of benzene rings is 1. The molecular weight excluding hydrogens is 371 g/mol. The average molecular weight is 387 g/mol. The first-order chi connectivity index (χ1) is 13.3. The van der Waals surface area contributed by atoms with Crippen LogP contribution in [0.2, 0.25) is 0 Å². The number of pyridine rings is 1. The summed E-state index contributed by atoms with van der Waals surface area (Å²) in [7, 11) is 0. The van der Waals surface area contributed by atoms with E-state index in [1.165, 1.54) is 6.26 Å². The van der Waals surface area contributed by atoms with E-state index in [0.717, 1.165) is 23.3 Å². The normalized spacial score (nSPS) is 11.9. The third kappa shape index (κ3) is 3.30. The van der Waals surface area contributed by atoms with Crippen LogP contribution in [0.15, 0.2) is 47.6 Å². The van der Waals surface area contributed by atoms with E-state index in [2.05, 4.69) is 20.4 Å². The van der Waals surface area contributed by atoms with Crippen LogP contribution in [0.4, 0.5) is 24.7 Å². The Labute approximate surface area is 158 Å². The van der Waals surface area contributed by atoms with Gasteiger partial charge in [-0.3, -0.25) is 0 Å². The summed E-state index contributed by atoms with van der Waals surface area (Å²) < 4.78 is 45.8. The molecule has 0 unspecified atom stereocenters. The molecule has 1 N–H and O–H groups in total. The molecule has 28 heavy (non-hydrogen) atoms. The van der Waals surface area contributed by atoms with E-state index in [4.69, 9.17) is 4.52 Å². The van der Waals surface area contributed by atoms with Crippen LogP contribution in [0, 0.1) is 13.8 Å². The number of alkyl halides is 3. The van der Waals surface area contributed by atoms with Gasteiger partial charge in [-0.2, -0.15) is 13.2 Å². The molecule has 6 nitrogen and oxygen atoms in total. The van der Waals surface area contributed by atoms with Crippen LogP contribution >= 0.6 is 0 Å². The van der Waals surface area contributed by atoms with Crippen molar-refractivity contribution in [2.45, 2.75) is 26.6 Å². The van der Waals surface area contributed by atoms with E-state index in [-0.39, 0.29) is 0 Å². The Balaban J connectivity index is 1.70. The summed E-state index contributed by atoms with van der Waals surface area (Å²) >= 11 is 0. The maximum absolute atomic E-state index is 13.0. The van der Waals surface area contributed by atoms with Crippen LogP contribution in [0.1, 0.15) is 22.4 Å². The molecule has 0 radical (unpaired) electrons. The Morgan fingerprint density at radius 3 is 2.50 bits per heavy atom. The molecule has 0 aliphatic rings. The second-order valence-corrected chi connectivity index (χ2v) is 6.50. The maximum Gasteiger partial charge on any atom is 0.416 e. The smallest absolute Gasteiger partial charge is 0.364 e. The lowest BCUT2D eigenvalue weighted by Crippen LogP contribution is -2.08. The van der Waals surface area contributed by atoms with Crippen molar-refractivity contribution < 1.29 is 17.7 Å². The molecule has 3 heterocycles. The van der Waals surface area contributed by atoms with Crippen LogP contribution in [0.25, 0.3) is 11.0 Å². The molecule has 1 aromatic carbocycles. The highest BCUT2D eigenvalue weighted by molar-refractivity contribution is 5.88. The molecule has 0 aliphatic carbocycles. The highest BCUT2D eigenvalue weighted by Gasteiger charge is 2.31. The zero-order valence-electron chi connectivity index (χ0n) is 15.1. The van der Waals surface area contributed by atoms with Crippen molar-refractivity contribution in [3.05, 3.63) is 65.4 Å². The van der Waals surface area contributed by atoms with E-state index in [9.17, 15) is 13.2 Å². The van der Waals surface area contributed by atoms with Gasteiger partial charge in [0.2, 0.25) is 0 Å². The predicted octanol–water partition coefficient (Wildman–Crippen LogP) is 4.85. The zero-order chi connectivity index (χ0) is 19.9. The first kappa shape index (κ1) is 18.0. The molecular formula is C19H16F3N5O. The van der Waals surface area contributed by atoms with Gasteiger partial charge in [-0.05, 0) is 43.2 Å². The van der Waals surface area contributed by atoms with E-state index < -0.39 is 11.7 Å². The van der Waals surface area contributed by atoms with Crippen LogP contribution in [-0.4, -0.2) is 19.7 Å². The SMILES string of the molecule is Cc1cc(C(F)(F)F)cc(C)c1Nc1nccc2c1ncn2Cc1ccon1. The first-order valence-electron chi connectivity index (χ1n) is 8.47. The third-order valence-electron chi connectivity index (χ3n) is 4.47. The van der Waals surface area contributed by atoms with Crippen molar-refractivity contribution in [1.82, 2.24) is 19.7 Å². The van der Waals surface area contributed by atoms with E-state index in [1.54, 1.807) is 32.4 Å². The Morgan fingerprint density at radius 2 is 1.86 bits per heavy atom. The monoisotopic (exact) mass is 387 g/mol. The van der Waals surface area contributed by atoms with Gasteiger partial charge in [0.05, 0.1) is 24.0 Å². The molecule has 0 aliphatic heterocycles. The van der Waals surface area contributed by atoms with Gasteiger partial charge in [0.15, 0.2) is 5.82 Å². The van der Waals surface area contributed by atoms with Gasteiger partial charge in [0.25, 0.3) is 0 Å². The number of imidazole rings is 1. The fourth-order valence-electron chi connectivity index (χ4n) is 3.15. The standard InChI is InChI=1S/C19H16F3N5O/c1-11-7-13(19(20,21)22)8-12(2)16(11)25-18-17-15(3-5-23-18)27(10-24-17)9-14-4-6-28-26-14/h3-8,10H,9H2,1-2H3,(H,23,25). The summed E-state index contributed by atoms with van der Waals surface area (Å²) in [4.78, 5) is 8.73. The van der Waals surface area contributed by atoms with Crippen molar-refractivity contribution in [2.75, 3.05) is 5.32 Å². The predicted molar refractivity (Wildman–Crippen MR) is 97.3 cm³/mol. The molecule has 0 spiro atoms. The van der Waals surface area contributed by atoms with E-state index in [1.807, 2.05) is 10.6 Å². The topological polar surface area (TPSA) is 68.8 Å². The lowest BCUT2D eigenvalue weighted by Gasteiger charge is -2.16. The molecule has 3 aromatic heterocycles. The Hall–Kier alpha value is -3.36. The van der Waals surface area contributed by atoms with Gasteiger partial charge in [0.1, 0.15) is 17.5 Å². The Kier molecular flexibility index (Phi) is 4.29. The van der Waals surface area contributed by atoms with Gasteiger partial charge in [-0.1, -0.05) is 5.16 Å². The number of hydrogen-bond donors (Lipinski definition) is 1. The Morgan fingerprint density at radius 1 is 1.11 bits per heavy atom. The fourth-order valence-corrected chi connectivity index (χ4v) is 3.15. The molecule has 4 rings (SSSR count). The summed E-state index contributed by atoms with van der Waals surface area (Å²) in [5.41, 5.74) is 3.06. The highest BCUT2D eigenvalue weighted by Crippen LogP contribution is 2.35. The summed E-state index contributed by atoms with van der Waals surface area (Å²) in [5, 5.41) is 7.04. The van der Waals surface area contributed by atoms with Crippen LogP contribution in [0.3, 0.4) is 0 Å². The largest absolute Gasteiger partial charge is 0.416 e. The molecule has 0 fully saturated rings. The van der Waals surface area contributed by atoms with Crippen LogP contribution in [-0.2, 0) is 12.7 Å². The zero-order valence-corrected chi connectivity index (χ0v) is 15.1. The first-order valence-corrected chi connectivity index (χ1v) is 8.47. The summed E-state index contributed by atoms with van der Waals surface area (Å²) in [6.07, 6.45) is 0.407. The number of halogens is 3. The fraction of sp³-hybridized carbons (Fsp3) is 0.211. The van der Waals surface area contributed by atoms with Crippen molar-refractivity contribution in [1.29, 1.82) is 0 Å². The summed E-state index contributed by atoms with van der Waals surface area (Å²) in [6.45, 7) is 3.75. The molecule has 0 amide bonds. The van der Waals surface area contributed by atoms with Crippen molar-refractivity contribution in [3.63, 3.8) is 0 Å². The lowest BCUT2D eigenvalue weighted by molar-refractivity contribution is -0.137. The number of aryl methyl sites for hydroxylation is 2. The van der Waals surface area contributed by atoms with E-state index >= 15 is 0 Å². The minimum atomic E-state index is -4.38. The average Bonchev–Trinajstić information content (AvgIpc) is 3.28. The second kappa shape index (κ2) is 6.66. The summed E-state index contributed by atoms with van der Waals surface area (Å²) in [5.74, 6) is 0.474. The lowest BCUT2D eigenvalue weighted by atomic mass is 10.0. The molecule has 0 atom stereocenters. The molecule has 0 saturated heterocycles. The molecule has 4 aromatic rings. The number of hydrogen-bond acceptors (Lipinski definition) is 5. The Bertz CT molecular complexity index is 1110. The maximum atomic E-state index is 13.0. The summed E-state index contributed by atoms with van der Waals surface area (Å²) in [6, 6.07) is 5.83. The van der Waals surface area contributed by atoms with Gasteiger partial charge in [0, 0.05) is 18.0 Å². The van der Waals surface area contributed by atoms with Gasteiger partial charge >= 0.3 is 6.18 Å². The third-order valence-corrected chi connectivity index (χ3v) is 4.47. The molecule has 9 heteroatoms. The van der Waals surface area contributed by atoms with Crippen LogP contribution < -0.4 is 5.32 Å².